The highest BCUT2D eigenvalue weighted by Crippen LogP contribution is 2.00. The van der Waals surface area contributed by atoms with Gasteiger partial charge in [0.1, 0.15) is 0 Å². The van der Waals surface area contributed by atoms with E-state index in [4.69, 9.17) is 10.5 Å². The summed E-state index contributed by atoms with van der Waals surface area (Å²) >= 11 is 0. The van der Waals surface area contributed by atoms with Crippen molar-refractivity contribution in [2.24, 2.45) is 5.73 Å². The molecule has 1 aliphatic heterocycles. The third-order valence-corrected chi connectivity index (χ3v) is 2.29. The number of methoxy groups -OCH3 is 1. The number of carbonyl (C=O) groups excluding carboxylic acids is 2. The van der Waals surface area contributed by atoms with Crippen molar-refractivity contribution >= 4 is 11.8 Å². The van der Waals surface area contributed by atoms with E-state index in [1.54, 1.807) is 7.11 Å². The molecule has 1 fully saturated rings. The SMILES string of the molecule is COCCC(N)C(=O)NC1CNC(=O)C1. The van der Waals surface area contributed by atoms with Crippen LogP contribution in [0, 0.1) is 0 Å². The van der Waals surface area contributed by atoms with Crippen LogP contribution < -0.4 is 16.4 Å². The van der Waals surface area contributed by atoms with Gasteiger partial charge >= 0.3 is 0 Å². The number of rotatable bonds is 5. The molecule has 0 aliphatic carbocycles. The first-order valence-corrected chi connectivity index (χ1v) is 4.95. The molecule has 0 aromatic rings. The summed E-state index contributed by atoms with van der Waals surface area (Å²) in [5.74, 6) is -0.265. The first-order chi connectivity index (χ1) is 7.13. The highest BCUT2D eigenvalue weighted by Gasteiger charge is 2.24. The molecule has 15 heavy (non-hydrogen) atoms. The molecule has 2 atom stereocenters. The van der Waals surface area contributed by atoms with Crippen LogP contribution in [0.4, 0.5) is 0 Å². The molecule has 0 radical (unpaired) electrons. The Hall–Kier alpha value is -1.14. The molecule has 1 saturated heterocycles. The van der Waals surface area contributed by atoms with Gasteiger partial charge in [-0.15, -0.1) is 0 Å². The Morgan fingerprint density at radius 2 is 2.53 bits per heavy atom. The first kappa shape index (κ1) is 11.9. The van der Waals surface area contributed by atoms with Crippen molar-refractivity contribution in [2.45, 2.75) is 24.9 Å². The minimum absolute atomic E-state index is 0.0363. The standard InChI is InChI=1S/C9H17N3O3/c1-15-3-2-7(10)9(14)12-6-4-8(13)11-5-6/h6-7H,2-5,10H2,1H3,(H,11,13)(H,12,14). The lowest BCUT2D eigenvalue weighted by molar-refractivity contribution is -0.123. The normalized spacial score (nSPS) is 22.3. The Morgan fingerprint density at radius 3 is 3.07 bits per heavy atom. The third-order valence-electron chi connectivity index (χ3n) is 2.29. The third kappa shape index (κ3) is 3.85. The molecule has 0 aromatic carbocycles. The van der Waals surface area contributed by atoms with E-state index in [9.17, 15) is 9.59 Å². The molecule has 0 spiro atoms. The first-order valence-electron chi connectivity index (χ1n) is 4.95. The van der Waals surface area contributed by atoms with Gasteiger partial charge in [-0.05, 0) is 6.42 Å². The molecule has 0 saturated carbocycles. The fourth-order valence-electron chi connectivity index (χ4n) is 1.39. The molecule has 0 aromatic heterocycles. The molecule has 0 bridgehead atoms. The maximum atomic E-state index is 11.5. The van der Waals surface area contributed by atoms with Crippen molar-refractivity contribution in [1.29, 1.82) is 0 Å². The molecule has 6 nitrogen and oxygen atoms in total. The van der Waals surface area contributed by atoms with Crippen LogP contribution in [0.5, 0.6) is 0 Å². The van der Waals surface area contributed by atoms with Gasteiger partial charge < -0.3 is 21.1 Å². The van der Waals surface area contributed by atoms with Crippen LogP contribution >= 0.6 is 0 Å². The highest BCUT2D eigenvalue weighted by atomic mass is 16.5. The monoisotopic (exact) mass is 215 g/mol. The Labute approximate surface area is 88.5 Å². The fraction of sp³-hybridized carbons (Fsp3) is 0.778. The van der Waals surface area contributed by atoms with Crippen molar-refractivity contribution in [2.75, 3.05) is 20.3 Å². The lowest BCUT2D eigenvalue weighted by Gasteiger charge is -2.15. The highest BCUT2D eigenvalue weighted by molar-refractivity contribution is 5.84. The molecule has 1 aliphatic rings. The van der Waals surface area contributed by atoms with Crippen LogP contribution in [0.1, 0.15) is 12.8 Å². The molecule has 1 heterocycles. The quantitative estimate of drug-likeness (QED) is 0.512. The number of carbonyl (C=O) groups is 2. The number of hydrogen-bond donors (Lipinski definition) is 3. The zero-order valence-corrected chi connectivity index (χ0v) is 8.79. The lowest BCUT2D eigenvalue weighted by Crippen LogP contribution is -2.46. The second kappa shape index (κ2) is 5.67. The van der Waals surface area contributed by atoms with Crippen LogP contribution in [0.3, 0.4) is 0 Å². The number of nitrogens with two attached hydrogens (primary N) is 1. The number of amides is 2. The zero-order chi connectivity index (χ0) is 11.3. The molecule has 86 valence electrons. The fourth-order valence-corrected chi connectivity index (χ4v) is 1.39. The largest absolute Gasteiger partial charge is 0.385 e. The number of ether oxygens (including phenoxy) is 1. The minimum atomic E-state index is -0.569. The summed E-state index contributed by atoms with van der Waals surface area (Å²) in [5, 5.41) is 5.35. The van der Waals surface area contributed by atoms with Gasteiger partial charge in [0, 0.05) is 26.7 Å². The van der Waals surface area contributed by atoms with Crippen LogP contribution in [0.15, 0.2) is 0 Å². The Balaban J connectivity index is 2.25. The zero-order valence-electron chi connectivity index (χ0n) is 8.79. The topological polar surface area (TPSA) is 93.4 Å². The molecular formula is C9H17N3O3. The van der Waals surface area contributed by atoms with Crippen LogP contribution in [-0.4, -0.2) is 44.2 Å². The van der Waals surface area contributed by atoms with Gasteiger partial charge in [0.2, 0.25) is 11.8 Å². The predicted octanol–water partition coefficient (Wildman–Crippen LogP) is -1.65. The average molecular weight is 215 g/mol. The predicted molar refractivity (Wildman–Crippen MR) is 54.0 cm³/mol. The van der Waals surface area contributed by atoms with E-state index in [1.807, 2.05) is 0 Å². The molecule has 2 unspecified atom stereocenters. The minimum Gasteiger partial charge on any atom is -0.385 e. The summed E-state index contributed by atoms with van der Waals surface area (Å²) in [7, 11) is 1.56. The number of hydrogen-bond acceptors (Lipinski definition) is 4. The van der Waals surface area contributed by atoms with E-state index in [0.717, 1.165) is 0 Å². The van der Waals surface area contributed by atoms with E-state index in [-0.39, 0.29) is 17.9 Å². The Kier molecular flexibility index (Phi) is 4.51. The Bertz CT molecular complexity index is 245. The summed E-state index contributed by atoms with van der Waals surface area (Å²) in [6, 6.07) is -0.695. The summed E-state index contributed by atoms with van der Waals surface area (Å²) in [6.07, 6.45) is 0.819. The molecule has 1 rings (SSSR count). The summed E-state index contributed by atoms with van der Waals surface area (Å²) in [5.41, 5.74) is 5.62. The second-order valence-electron chi connectivity index (χ2n) is 3.60. The maximum absolute atomic E-state index is 11.5. The lowest BCUT2D eigenvalue weighted by atomic mass is 10.2. The van der Waals surface area contributed by atoms with Gasteiger partial charge in [0.15, 0.2) is 0 Å². The molecule has 4 N–H and O–H groups in total. The van der Waals surface area contributed by atoms with Crippen molar-refractivity contribution in [3.05, 3.63) is 0 Å². The Morgan fingerprint density at radius 1 is 1.80 bits per heavy atom. The summed E-state index contributed by atoms with van der Waals surface area (Å²) in [4.78, 5) is 22.3. The number of nitrogens with one attached hydrogen (secondary N) is 2. The van der Waals surface area contributed by atoms with Crippen molar-refractivity contribution in [3.8, 4) is 0 Å². The summed E-state index contributed by atoms with van der Waals surface area (Å²) in [6.45, 7) is 0.942. The van der Waals surface area contributed by atoms with Gasteiger partial charge in [0.25, 0.3) is 0 Å². The molecular weight excluding hydrogens is 198 g/mol. The second-order valence-corrected chi connectivity index (χ2v) is 3.60. The van der Waals surface area contributed by atoms with Gasteiger partial charge in [0.05, 0.1) is 12.1 Å². The van der Waals surface area contributed by atoms with E-state index < -0.39 is 6.04 Å². The molecule has 6 heteroatoms. The van der Waals surface area contributed by atoms with Crippen molar-refractivity contribution in [3.63, 3.8) is 0 Å². The van der Waals surface area contributed by atoms with Gasteiger partial charge in [-0.25, -0.2) is 0 Å². The van der Waals surface area contributed by atoms with E-state index in [1.165, 1.54) is 0 Å². The van der Waals surface area contributed by atoms with Crippen molar-refractivity contribution < 1.29 is 14.3 Å². The smallest absolute Gasteiger partial charge is 0.237 e. The van der Waals surface area contributed by atoms with Crippen molar-refractivity contribution in [1.82, 2.24) is 10.6 Å². The van der Waals surface area contributed by atoms with Crippen LogP contribution in [0.25, 0.3) is 0 Å². The van der Waals surface area contributed by atoms with E-state index in [2.05, 4.69) is 10.6 Å². The van der Waals surface area contributed by atoms with E-state index in [0.29, 0.717) is 26.0 Å². The molecule has 2 amide bonds. The van der Waals surface area contributed by atoms with Crippen LogP contribution in [-0.2, 0) is 14.3 Å². The van der Waals surface area contributed by atoms with Gasteiger partial charge in [-0.1, -0.05) is 0 Å². The van der Waals surface area contributed by atoms with Crippen LogP contribution in [0.2, 0.25) is 0 Å². The van der Waals surface area contributed by atoms with Gasteiger partial charge in [-0.3, -0.25) is 9.59 Å². The van der Waals surface area contributed by atoms with E-state index >= 15 is 0 Å². The van der Waals surface area contributed by atoms with Gasteiger partial charge in [-0.2, -0.15) is 0 Å². The summed E-state index contributed by atoms with van der Waals surface area (Å²) < 4.78 is 4.82. The maximum Gasteiger partial charge on any atom is 0.237 e. The average Bonchev–Trinajstić information content (AvgIpc) is 2.60.